The van der Waals surface area contributed by atoms with Crippen LogP contribution < -0.4 is 10.2 Å². The van der Waals surface area contributed by atoms with Gasteiger partial charge in [-0.1, -0.05) is 37.1 Å². The molecule has 1 spiro atoms. The van der Waals surface area contributed by atoms with Gasteiger partial charge in [0.25, 0.3) is 5.91 Å². The topological polar surface area (TPSA) is 74.2 Å². The highest BCUT2D eigenvalue weighted by atomic mass is 16.2. The molecule has 3 fully saturated rings. The molecule has 0 unspecified atom stereocenters. The number of nitrogens with zero attached hydrogens (tertiary/aromatic N) is 2. The zero-order valence-electron chi connectivity index (χ0n) is 17.9. The second kappa shape index (κ2) is 8.76. The highest BCUT2D eigenvalue weighted by Crippen LogP contribution is 2.35. The number of quaternary nitrogens is 1. The molecule has 1 aliphatic carbocycles. The Balaban J connectivity index is 1.20. The molecule has 1 saturated carbocycles. The highest BCUT2D eigenvalue weighted by Gasteiger charge is 2.52. The van der Waals surface area contributed by atoms with E-state index in [9.17, 15) is 14.4 Å². The van der Waals surface area contributed by atoms with E-state index < -0.39 is 5.54 Å². The van der Waals surface area contributed by atoms with Crippen LogP contribution in [0.25, 0.3) is 0 Å². The van der Waals surface area contributed by atoms with E-state index in [2.05, 4.69) is 36.5 Å². The van der Waals surface area contributed by atoms with Crippen molar-refractivity contribution in [1.82, 2.24) is 15.1 Å². The molecular weight excluding hydrogens is 380 g/mol. The van der Waals surface area contributed by atoms with Crippen molar-refractivity contribution in [3.63, 3.8) is 0 Å². The first-order chi connectivity index (χ1) is 14.5. The van der Waals surface area contributed by atoms with Crippen LogP contribution in [0, 0.1) is 6.92 Å². The number of carbonyl (C=O) groups excluding carboxylic acids is 3. The molecule has 1 aromatic carbocycles. The SMILES string of the molecule is Cc1ccccc1C[NH+]1CCN(C(=O)CCCN2C(=O)NC3(CCCC3)C2=O)CC1. The molecule has 2 saturated heterocycles. The van der Waals surface area contributed by atoms with Gasteiger partial charge < -0.3 is 15.1 Å². The lowest BCUT2D eigenvalue weighted by Gasteiger charge is -2.32. The lowest BCUT2D eigenvalue weighted by molar-refractivity contribution is -0.917. The van der Waals surface area contributed by atoms with Crippen LogP contribution >= 0.6 is 0 Å². The molecule has 30 heavy (non-hydrogen) atoms. The fourth-order valence-corrected chi connectivity index (χ4v) is 5.07. The monoisotopic (exact) mass is 413 g/mol. The fraction of sp³-hybridized carbons (Fsp3) is 0.609. The largest absolute Gasteiger partial charge is 0.331 e. The number of hydrogen-bond donors (Lipinski definition) is 2. The summed E-state index contributed by atoms with van der Waals surface area (Å²) in [6.07, 6.45) is 4.36. The quantitative estimate of drug-likeness (QED) is 0.680. The van der Waals surface area contributed by atoms with E-state index in [1.807, 2.05) is 4.90 Å². The Kier molecular flexibility index (Phi) is 6.09. The molecule has 2 aliphatic heterocycles. The van der Waals surface area contributed by atoms with Crippen molar-refractivity contribution in [3.05, 3.63) is 35.4 Å². The Bertz CT molecular complexity index is 810. The minimum Gasteiger partial charge on any atom is -0.331 e. The van der Waals surface area contributed by atoms with Gasteiger partial charge in [-0.2, -0.15) is 0 Å². The van der Waals surface area contributed by atoms with E-state index in [-0.39, 0.29) is 17.8 Å². The standard InChI is InChI=1S/C23H32N4O3/c1-18-7-2-3-8-19(18)17-25-13-15-26(16-14-25)20(28)9-6-12-27-21(29)23(24-22(27)30)10-4-5-11-23/h2-3,7-8H,4-6,9-17H2,1H3,(H,24,30)/p+1. The Hall–Kier alpha value is -2.41. The number of benzene rings is 1. The third-order valence-corrected chi connectivity index (χ3v) is 7.00. The predicted octanol–water partition coefficient (Wildman–Crippen LogP) is 0.867. The third kappa shape index (κ3) is 4.21. The second-order valence-corrected chi connectivity index (χ2v) is 9.01. The minimum absolute atomic E-state index is 0.0918. The van der Waals surface area contributed by atoms with Crippen molar-refractivity contribution < 1.29 is 19.3 Å². The molecule has 0 radical (unpaired) electrons. The van der Waals surface area contributed by atoms with Crippen LogP contribution in [-0.2, 0) is 16.1 Å². The van der Waals surface area contributed by atoms with Crippen LogP contribution in [0.2, 0.25) is 0 Å². The van der Waals surface area contributed by atoms with E-state index in [4.69, 9.17) is 0 Å². The summed E-state index contributed by atoms with van der Waals surface area (Å²) in [7, 11) is 0. The highest BCUT2D eigenvalue weighted by molar-refractivity contribution is 6.07. The molecule has 7 heteroatoms. The lowest BCUT2D eigenvalue weighted by atomic mass is 9.98. The smallest absolute Gasteiger partial charge is 0.325 e. The van der Waals surface area contributed by atoms with Crippen LogP contribution in [0.4, 0.5) is 4.79 Å². The maximum atomic E-state index is 12.7. The summed E-state index contributed by atoms with van der Waals surface area (Å²) in [4.78, 5) is 42.3. The van der Waals surface area contributed by atoms with Gasteiger partial charge in [0, 0.05) is 18.5 Å². The number of aryl methyl sites for hydroxylation is 1. The van der Waals surface area contributed by atoms with Gasteiger partial charge in [0.2, 0.25) is 5.91 Å². The summed E-state index contributed by atoms with van der Waals surface area (Å²) in [5.41, 5.74) is 2.04. The normalized spacial score (nSPS) is 21.5. The summed E-state index contributed by atoms with van der Waals surface area (Å²) in [5.74, 6) is 0.0402. The average molecular weight is 414 g/mol. The molecule has 7 nitrogen and oxygen atoms in total. The maximum absolute atomic E-state index is 12.7. The van der Waals surface area contributed by atoms with Gasteiger partial charge >= 0.3 is 6.03 Å². The molecule has 4 rings (SSSR count). The molecule has 0 bridgehead atoms. The fourth-order valence-electron chi connectivity index (χ4n) is 5.07. The van der Waals surface area contributed by atoms with Gasteiger partial charge in [0.05, 0.1) is 26.2 Å². The van der Waals surface area contributed by atoms with Crippen molar-refractivity contribution in [3.8, 4) is 0 Å². The summed E-state index contributed by atoms with van der Waals surface area (Å²) >= 11 is 0. The van der Waals surface area contributed by atoms with Gasteiger partial charge in [0.1, 0.15) is 12.1 Å². The van der Waals surface area contributed by atoms with Crippen LogP contribution in [0.1, 0.15) is 49.7 Å². The number of rotatable bonds is 6. The lowest BCUT2D eigenvalue weighted by Crippen LogP contribution is -3.13. The molecule has 4 amide bonds. The van der Waals surface area contributed by atoms with E-state index in [0.717, 1.165) is 58.4 Å². The van der Waals surface area contributed by atoms with Gasteiger partial charge in [-0.25, -0.2) is 4.79 Å². The van der Waals surface area contributed by atoms with Gasteiger partial charge in [-0.3, -0.25) is 14.5 Å². The van der Waals surface area contributed by atoms with E-state index in [1.165, 1.54) is 20.9 Å². The number of hydrogen-bond acceptors (Lipinski definition) is 3. The van der Waals surface area contributed by atoms with E-state index in [1.54, 1.807) is 0 Å². The van der Waals surface area contributed by atoms with Crippen LogP contribution in [0.5, 0.6) is 0 Å². The Morgan fingerprint density at radius 3 is 2.53 bits per heavy atom. The number of carbonyl (C=O) groups is 3. The van der Waals surface area contributed by atoms with Crippen LogP contribution in [0.3, 0.4) is 0 Å². The zero-order chi connectivity index (χ0) is 21.1. The Morgan fingerprint density at radius 2 is 1.83 bits per heavy atom. The second-order valence-electron chi connectivity index (χ2n) is 9.01. The van der Waals surface area contributed by atoms with Crippen molar-refractivity contribution in [2.75, 3.05) is 32.7 Å². The van der Waals surface area contributed by atoms with Gasteiger partial charge in [-0.05, 0) is 31.7 Å². The molecule has 0 atom stereocenters. The first kappa shape index (κ1) is 20.8. The number of urea groups is 1. The van der Waals surface area contributed by atoms with Crippen LogP contribution in [0.15, 0.2) is 24.3 Å². The van der Waals surface area contributed by atoms with Gasteiger partial charge in [-0.15, -0.1) is 0 Å². The minimum atomic E-state index is -0.655. The number of piperazine rings is 1. The van der Waals surface area contributed by atoms with Crippen molar-refractivity contribution in [2.24, 2.45) is 0 Å². The Labute approximate surface area is 178 Å². The van der Waals surface area contributed by atoms with Crippen LogP contribution in [-0.4, -0.2) is 65.9 Å². The predicted molar refractivity (Wildman–Crippen MR) is 113 cm³/mol. The summed E-state index contributed by atoms with van der Waals surface area (Å²) in [6.45, 7) is 6.93. The first-order valence-electron chi connectivity index (χ1n) is 11.3. The third-order valence-electron chi connectivity index (χ3n) is 7.00. The summed E-state index contributed by atoms with van der Waals surface area (Å²) < 4.78 is 0. The first-order valence-corrected chi connectivity index (χ1v) is 11.3. The van der Waals surface area contributed by atoms with E-state index in [0.29, 0.717) is 19.4 Å². The Morgan fingerprint density at radius 1 is 1.13 bits per heavy atom. The number of imide groups is 1. The van der Waals surface area contributed by atoms with E-state index >= 15 is 0 Å². The van der Waals surface area contributed by atoms with Crippen molar-refractivity contribution in [2.45, 2.75) is 57.5 Å². The van der Waals surface area contributed by atoms with Gasteiger partial charge in [0.15, 0.2) is 0 Å². The average Bonchev–Trinajstić information content (AvgIpc) is 3.30. The van der Waals surface area contributed by atoms with Crippen molar-refractivity contribution >= 4 is 17.8 Å². The summed E-state index contributed by atoms with van der Waals surface area (Å²) in [5, 5.41) is 2.90. The maximum Gasteiger partial charge on any atom is 0.325 e. The summed E-state index contributed by atoms with van der Waals surface area (Å²) in [6, 6.07) is 8.20. The molecular formula is C23H33N4O3+. The van der Waals surface area contributed by atoms with Crippen molar-refractivity contribution in [1.29, 1.82) is 0 Å². The molecule has 2 N–H and O–H groups in total. The molecule has 3 aliphatic rings. The molecule has 0 aromatic heterocycles. The zero-order valence-corrected chi connectivity index (χ0v) is 17.9. The molecule has 2 heterocycles. The number of amides is 4. The molecule has 1 aromatic rings. The molecule has 162 valence electrons. The number of nitrogens with one attached hydrogen (secondary N) is 2.